The molecule has 0 aliphatic heterocycles. The highest BCUT2D eigenvalue weighted by atomic mass is 16.5. The minimum Gasteiger partial charge on any atom is -0.465 e. The Morgan fingerprint density at radius 1 is 1.38 bits per heavy atom. The molecule has 0 atom stereocenters. The maximum Gasteiger partial charge on any atom is 0.338 e. The number of methoxy groups -OCH3 is 1. The van der Waals surface area contributed by atoms with Crippen LogP contribution in [0, 0.1) is 0 Å². The molecule has 1 aromatic heterocycles. The number of rotatable bonds is 3. The molecule has 3 rings (SSSR count). The first-order chi connectivity index (χ1) is 10.2. The Morgan fingerprint density at radius 2 is 2.14 bits per heavy atom. The third-order valence-electron chi connectivity index (χ3n) is 4.06. The number of hydrogen-bond acceptors (Lipinski definition) is 4. The molecule has 1 aliphatic rings. The predicted octanol–water partition coefficient (Wildman–Crippen LogP) is 3.03. The van der Waals surface area contributed by atoms with E-state index in [0.717, 1.165) is 11.1 Å². The summed E-state index contributed by atoms with van der Waals surface area (Å²) in [6.45, 7) is 0. The SMILES string of the molecule is COC(=O)c1cc(N)ccc1-c1cnn(C2CCCC2)c1. The summed E-state index contributed by atoms with van der Waals surface area (Å²) in [5.41, 5.74) is 8.52. The Balaban J connectivity index is 1.98. The summed E-state index contributed by atoms with van der Waals surface area (Å²) < 4.78 is 6.85. The summed E-state index contributed by atoms with van der Waals surface area (Å²) in [6, 6.07) is 5.76. The van der Waals surface area contributed by atoms with Crippen LogP contribution in [0.15, 0.2) is 30.6 Å². The van der Waals surface area contributed by atoms with Crippen molar-refractivity contribution in [3.63, 3.8) is 0 Å². The van der Waals surface area contributed by atoms with Gasteiger partial charge in [0.05, 0.1) is 24.9 Å². The number of esters is 1. The van der Waals surface area contributed by atoms with Gasteiger partial charge in [0.1, 0.15) is 0 Å². The van der Waals surface area contributed by atoms with Gasteiger partial charge in [0.15, 0.2) is 0 Å². The van der Waals surface area contributed by atoms with Crippen molar-refractivity contribution in [1.29, 1.82) is 0 Å². The van der Waals surface area contributed by atoms with Crippen LogP contribution in [-0.2, 0) is 4.74 Å². The molecule has 1 aliphatic carbocycles. The van der Waals surface area contributed by atoms with Crippen LogP contribution in [-0.4, -0.2) is 22.9 Å². The van der Waals surface area contributed by atoms with Gasteiger partial charge in [-0.3, -0.25) is 4.68 Å². The molecule has 110 valence electrons. The van der Waals surface area contributed by atoms with Gasteiger partial charge in [-0.05, 0) is 30.5 Å². The minimum atomic E-state index is -0.383. The van der Waals surface area contributed by atoms with Crippen molar-refractivity contribution in [2.45, 2.75) is 31.7 Å². The first-order valence-corrected chi connectivity index (χ1v) is 7.21. The van der Waals surface area contributed by atoms with Crippen LogP contribution in [0.1, 0.15) is 42.1 Å². The number of nitrogen functional groups attached to an aromatic ring is 1. The van der Waals surface area contributed by atoms with Crippen LogP contribution in [0.25, 0.3) is 11.1 Å². The maximum absolute atomic E-state index is 11.9. The summed E-state index contributed by atoms with van der Waals surface area (Å²) in [6.07, 6.45) is 8.67. The molecule has 0 unspecified atom stereocenters. The van der Waals surface area contributed by atoms with Crippen LogP contribution < -0.4 is 5.73 Å². The van der Waals surface area contributed by atoms with Gasteiger partial charge < -0.3 is 10.5 Å². The van der Waals surface area contributed by atoms with E-state index < -0.39 is 0 Å². The summed E-state index contributed by atoms with van der Waals surface area (Å²) in [5, 5.41) is 4.46. The summed E-state index contributed by atoms with van der Waals surface area (Å²) >= 11 is 0. The van der Waals surface area contributed by atoms with Gasteiger partial charge in [0.2, 0.25) is 0 Å². The van der Waals surface area contributed by atoms with Crippen molar-refractivity contribution in [2.24, 2.45) is 0 Å². The van der Waals surface area contributed by atoms with E-state index >= 15 is 0 Å². The van der Waals surface area contributed by atoms with Crippen LogP contribution in [0.4, 0.5) is 5.69 Å². The van der Waals surface area contributed by atoms with Gasteiger partial charge in [-0.15, -0.1) is 0 Å². The predicted molar refractivity (Wildman–Crippen MR) is 80.9 cm³/mol. The fourth-order valence-corrected chi connectivity index (χ4v) is 2.94. The van der Waals surface area contributed by atoms with Crippen molar-refractivity contribution in [1.82, 2.24) is 9.78 Å². The van der Waals surface area contributed by atoms with E-state index in [1.165, 1.54) is 32.8 Å². The quantitative estimate of drug-likeness (QED) is 0.695. The van der Waals surface area contributed by atoms with Crippen LogP contribution in [0.2, 0.25) is 0 Å². The van der Waals surface area contributed by atoms with Crippen LogP contribution in [0.3, 0.4) is 0 Å². The molecular weight excluding hydrogens is 266 g/mol. The van der Waals surface area contributed by atoms with Gasteiger partial charge in [0, 0.05) is 17.4 Å². The van der Waals surface area contributed by atoms with E-state index in [1.807, 2.05) is 16.9 Å². The minimum absolute atomic E-state index is 0.383. The van der Waals surface area contributed by atoms with Crippen LogP contribution >= 0.6 is 0 Å². The first-order valence-electron chi connectivity index (χ1n) is 7.21. The molecule has 1 saturated carbocycles. The van der Waals surface area contributed by atoms with Gasteiger partial charge in [-0.2, -0.15) is 5.10 Å². The first kappa shape index (κ1) is 13.7. The molecule has 2 aromatic rings. The van der Waals surface area contributed by atoms with Crippen molar-refractivity contribution in [3.8, 4) is 11.1 Å². The van der Waals surface area contributed by atoms with Crippen molar-refractivity contribution in [3.05, 3.63) is 36.2 Å². The fraction of sp³-hybridized carbons (Fsp3) is 0.375. The number of anilines is 1. The molecule has 0 bridgehead atoms. The Bertz CT molecular complexity index is 657. The largest absolute Gasteiger partial charge is 0.465 e. The lowest BCUT2D eigenvalue weighted by Crippen LogP contribution is -2.05. The number of hydrogen-bond donors (Lipinski definition) is 1. The third kappa shape index (κ3) is 2.63. The maximum atomic E-state index is 11.9. The molecular formula is C16H19N3O2. The van der Waals surface area contributed by atoms with Gasteiger partial charge in [-0.1, -0.05) is 18.9 Å². The Morgan fingerprint density at radius 3 is 2.86 bits per heavy atom. The van der Waals surface area contributed by atoms with E-state index in [-0.39, 0.29) is 5.97 Å². The van der Waals surface area contributed by atoms with E-state index in [1.54, 1.807) is 18.3 Å². The zero-order valence-corrected chi connectivity index (χ0v) is 12.1. The number of nitrogens with two attached hydrogens (primary N) is 1. The van der Waals surface area contributed by atoms with E-state index in [2.05, 4.69) is 5.10 Å². The lowest BCUT2D eigenvalue weighted by molar-refractivity contribution is 0.0601. The number of nitrogens with zero attached hydrogens (tertiary/aromatic N) is 2. The smallest absolute Gasteiger partial charge is 0.338 e. The highest BCUT2D eigenvalue weighted by Crippen LogP contribution is 2.31. The lowest BCUT2D eigenvalue weighted by atomic mass is 10.0. The molecule has 5 heteroatoms. The zero-order valence-electron chi connectivity index (χ0n) is 12.1. The Labute approximate surface area is 123 Å². The van der Waals surface area contributed by atoms with Crippen LogP contribution in [0.5, 0.6) is 0 Å². The van der Waals surface area contributed by atoms with Gasteiger partial charge >= 0.3 is 5.97 Å². The molecule has 0 saturated heterocycles. The second-order valence-corrected chi connectivity index (χ2v) is 5.44. The van der Waals surface area contributed by atoms with Crippen molar-refractivity contribution in [2.75, 3.05) is 12.8 Å². The van der Waals surface area contributed by atoms with Gasteiger partial charge in [-0.25, -0.2) is 4.79 Å². The second kappa shape index (κ2) is 5.60. The highest BCUT2D eigenvalue weighted by molar-refractivity contribution is 5.98. The molecule has 1 fully saturated rings. The van der Waals surface area contributed by atoms with E-state index in [0.29, 0.717) is 17.3 Å². The number of benzene rings is 1. The normalized spacial score (nSPS) is 15.3. The van der Waals surface area contributed by atoms with E-state index in [4.69, 9.17) is 10.5 Å². The molecule has 1 aromatic carbocycles. The number of carbonyl (C=O) groups is 1. The lowest BCUT2D eigenvalue weighted by Gasteiger charge is -2.09. The Hall–Kier alpha value is -2.30. The molecule has 0 spiro atoms. The summed E-state index contributed by atoms with van der Waals surface area (Å²) in [7, 11) is 1.37. The average Bonchev–Trinajstić information content (AvgIpc) is 3.16. The molecule has 5 nitrogen and oxygen atoms in total. The standard InChI is InChI=1S/C16H19N3O2/c1-21-16(20)15-8-12(17)6-7-14(15)11-9-18-19(10-11)13-4-2-3-5-13/h6-10,13H,2-5,17H2,1H3. The monoisotopic (exact) mass is 285 g/mol. The molecule has 0 amide bonds. The molecule has 0 radical (unpaired) electrons. The summed E-state index contributed by atoms with van der Waals surface area (Å²) in [4.78, 5) is 11.9. The number of carbonyl (C=O) groups excluding carboxylic acids is 1. The third-order valence-corrected chi connectivity index (χ3v) is 4.06. The fourth-order valence-electron chi connectivity index (χ4n) is 2.94. The van der Waals surface area contributed by atoms with Crippen molar-refractivity contribution < 1.29 is 9.53 Å². The summed E-state index contributed by atoms with van der Waals surface area (Å²) in [5.74, 6) is -0.383. The van der Waals surface area contributed by atoms with E-state index in [9.17, 15) is 4.79 Å². The second-order valence-electron chi connectivity index (χ2n) is 5.44. The Kier molecular flexibility index (Phi) is 3.64. The average molecular weight is 285 g/mol. The molecule has 2 N–H and O–H groups in total. The topological polar surface area (TPSA) is 70.1 Å². The molecule has 21 heavy (non-hydrogen) atoms. The highest BCUT2D eigenvalue weighted by Gasteiger charge is 2.19. The number of aromatic nitrogens is 2. The van der Waals surface area contributed by atoms with Crippen molar-refractivity contribution >= 4 is 11.7 Å². The zero-order chi connectivity index (χ0) is 14.8. The molecule has 1 heterocycles. The van der Waals surface area contributed by atoms with Gasteiger partial charge in [0.25, 0.3) is 0 Å². The number of ether oxygens (including phenoxy) is 1.